The molecular formula is C24H32O9. The van der Waals surface area contributed by atoms with E-state index in [1.807, 2.05) is 0 Å². The number of hydrogen-bond acceptors (Lipinski definition) is 9. The predicted molar refractivity (Wildman–Crippen MR) is 120 cm³/mol. The first-order valence-electron chi connectivity index (χ1n) is 10.4. The number of benzene rings is 1. The summed E-state index contributed by atoms with van der Waals surface area (Å²) >= 11 is 0. The zero-order chi connectivity index (χ0) is 24.7. The fourth-order valence-electron chi connectivity index (χ4n) is 2.55. The molecule has 0 spiro atoms. The van der Waals surface area contributed by atoms with E-state index in [1.165, 1.54) is 0 Å². The highest BCUT2D eigenvalue weighted by molar-refractivity contribution is 6.02. The summed E-state index contributed by atoms with van der Waals surface area (Å²) in [6, 6.07) is 6.58. The summed E-state index contributed by atoms with van der Waals surface area (Å²) < 4.78 is 31.7. The number of hydrogen-bond donors (Lipinski definition) is 0. The lowest BCUT2D eigenvalue weighted by Gasteiger charge is -2.28. The highest BCUT2D eigenvalue weighted by atomic mass is 16.7. The zero-order valence-electron chi connectivity index (χ0n) is 19.4. The van der Waals surface area contributed by atoms with Crippen LogP contribution in [0.15, 0.2) is 49.6 Å². The SMILES string of the molecule is C=CC(=O)OCCOCCOC(C)OC(C)(C)C(=O)c1ccc(OCCOC(=O)C=C)cc1. The van der Waals surface area contributed by atoms with E-state index < -0.39 is 23.8 Å². The maximum Gasteiger partial charge on any atom is 0.330 e. The van der Waals surface area contributed by atoms with Crippen molar-refractivity contribution in [2.24, 2.45) is 0 Å². The van der Waals surface area contributed by atoms with Crippen molar-refractivity contribution >= 4 is 17.7 Å². The lowest BCUT2D eigenvalue weighted by molar-refractivity contribution is -0.180. The molecule has 0 saturated heterocycles. The number of carbonyl (C=O) groups excluding carboxylic acids is 3. The molecule has 1 aromatic rings. The summed E-state index contributed by atoms with van der Waals surface area (Å²) in [6.45, 7) is 12.8. The molecule has 9 nitrogen and oxygen atoms in total. The van der Waals surface area contributed by atoms with Gasteiger partial charge in [0.05, 0.1) is 19.8 Å². The molecule has 0 radical (unpaired) electrons. The average Bonchev–Trinajstić information content (AvgIpc) is 2.80. The molecular weight excluding hydrogens is 432 g/mol. The minimum atomic E-state index is -1.12. The van der Waals surface area contributed by atoms with Crippen LogP contribution in [0.4, 0.5) is 0 Å². The average molecular weight is 465 g/mol. The molecule has 0 saturated carbocycles. The van der Waals surface area contributed by atoms with E-state index in [1.54, 1.807) is 45.0 Å². The summed E-state index contributed by atoms with van der Waals surface area (Å²) in [5.74, 6) is -0.697. The molecule has 0 amide bonds. The van der Waals surface area contributed by atoms with E-state index >= 15 is 0 Å². The van der Waals surface area contributed by atoms with Crippen LogP contribution in [0.25, 0.3) is 0 Å². The Bertz CT molecular complexity index is 784. The van der Waals surface area contributed by atoms with Crippen LogP contribution >= 0.6 is 0 Å². The van der Waals surface area contributed by atoms with Crippen molar-refractivity contribution < 1.29 is 42.8 Å². The first-order chi connectivity index (χ1) is 15.7. The highest BCUT2D eigenvalue weighted by Crippen LogP contribution is 2.21. The van der Waals surface area contributed by atoms with Gasteiger partial charge in [-0.25, -0.2) is 9.59 Å². The van der Waals surface area contributed by atoms with Crippen molar-refractivity contribution in [3.63, 3.8) is 0 Å². The Morgan fingerprint density at radius 2 is 1.42 bits per heavy atom. The quantitative estimate of drug-likeness (QED) is 0.113. The Morgan fingerprint density at radius 3 is 2.00 bits per heavy atom. The van der Waals surface area contributed by atoms with Crippen LogP contribution in [0.5, 0.6) is 5.75 Å². The van der Waals surface area contributed by atoms with Gasteiger partial charge in [0.15, 0.2) is 12.1 Å². The van der Waals surface area contributed by atoms with Gasteiger partial charge >= 0.3 is 11.9 Å². The van der Waals surface area contributed by atoms with Gasteiger partial charge in [-0.1, -0.05) is 13.2 Å². The second-order valence-electron chi connectivity index (χ2n) is 7.12. The Kier molecular flexibility index (Phi) is 12.7. The van der Waals surface area contributed by atoms with Gasteiger partial charge in [0.1, 0.15) is 31.2 Å². The van der Waals surface area contributed by atoms with Crippen molar-refractivity contribution in [1.29, 1.82) is 0 Å². The van der Waals surface area contributed by atoms with E-state index in [2.05, 4.69) is 13.2 Å². The highest BCUT2D eigenvalue weighted by Gasteiger charge is 2.31. The molecule has 182 valence electrons. The maximum atomic E-state index is 12.8. The zero-order valence-corrected chi connectivity index (χ0v) is 19.4. The Labute approximate surface area is 194 Å². The largest absolute Gasteiger partial charge is 0.490 e. The van der Waals surface area contributed by atoms with Crippen LogP contribution in [0.1, 0.15) is 31.1 Å². The van der Waals surface area contributed by atoms with E-state index in [0.717, 1.165) is 12.2 Å². The number of carbonyl (C=O) groups is 3. The Morgan fingerprint density at radius 1 is 0.879 bits per heavy atom. The standard InChI is InChI=1S/C24H32O9/c1-6-21(25)31-15-13-28-12-14-29-18(3)33-24(4,5)23(27)19-8-10-20(11-9-19)30-16-17-32-22(26)7-2/h6-11,18H,1-2,12-17H2,3-5H3. The molecule has 0 aliphatic carbocycles. The normalized spacial score (nSPS) is 11.8. The van der Waals surface area contributed by atoms with Gasteiger partial charge in [-0.05, 0) is 45.0 Å². The van der Waals surface area contributed by atoms with Gasteiger partial charge in [-0.15, -0.1) is 0 Å². The molecule has 0 aliphatic heterocycles. The molecule has 0 aromatic heterocycles. The molecule has 33 heavy (non-hydrogen) atoms. The van der Waals surface area contributed by atoms with Gasteiger partial charge < -0.3 is 28.4 Å². The molecule has 0 bridgehead atoms. The molecule has 1 aromatic carbocycles. The number of esters is 2. The Hall–Kier alpha value is -3.01. The molecule has 1 rings (SSSR count). The number of ketones is 1. The van der Waals surface area contributed by atoms with E-state index in [0.29, 0.717) is 11.3 Å². The summed E-state index contributed by atoms with van der Waals surface area (Å²) in [6.07, 6.45) is 1.52. The molecule has 9 heteroatoms. The summed E-state index contributed by atoms with van der Waals surface area (Å²) in [5, 5.41) is 0. The second kappa shape index (κ2) is 14.9. The van der Waals surface area contributed by atoms with Crippen LogP contribution < -0.4 is 4.74 Å². The first-order valence-corrected chi connectivity index (χ1v) is 10.4. The molecule has 0 fully saturated rings. The van der Waals surface area contributed by atoms with Gasteiger partial charge in [0, 0.05) is 17.7 Å². The summed E-state index contributed by atoms with van der Waals surface area (Å²) in [4.78, 5) is 34.7. The van der Waals surface area contributed by atoms with Gasteiger partial charge in [0.2, 0.25) is 0 Å². The van der Waals surface area contributed by atoms with E-state index in [4.69, 9.17) is 28.4 Å². The van der Waals surface area contributed by atoms with Crippen LogP contribution in [0.2, 0.25) is 0 Å². The first kappa shape index (κ1) is 28.0. The third kappa shape index (κ3) is 11.4. The van der Waals surface area contributed by atoms with Crippen LogP contribution in [-0.2, 0) is 33.3 Å². The molecule has 0 heterocycles. The second-order valence-corrected chi connectivity index (χ2v) is 7.12. The topological polar surface area (TPSA) is 107 Å². The predicted octanol–water partition coefficient (Wildman–Crippen LogP) is 2.88. The van der Waals surface area contributed by atoms with Gasteiger partial charge in [-0.2, -0.15) is 0 Å². The minimum absolute atomic E-state index is 0.0953. The van der Waals surface area contributed by atoms with Crippen molar-refractivity contribution in [2.45, 2.75) is 32.7 Å². The molecule has 0 aliphatic rings. The van der Waals surface area contributed by atoms with Crippen molar-refractivity contribution in [3.05, 3.63) is 55.1 Å². The lowest BCUT2D eigenvalue weighted by atomic mass is 9.96. The maximum absolute atomic E-state index is 12.8. The van der Waals surface area contributed by atoms with Crippen LogP contribution in [0.3, 0.4) is 0 Å². The van der Waals surface area contributed by atoms with Crippen molar-refractivity contribution in [3.8, 4) is 5.75 Å². The van der Waals surface area contributed by atoms with Crippen molar-refractivity contribution in [1.82, 2.24) is 0 Å². The van der Waals surface area contributed by atoms with E-state index in [-0.39, 0.29) is 45.4 Å². The number of rotatable bonds is 17. The minimum Gasteiger partial charge on any atom is -0.490 e. The fourth-order valence-corrected chi connectivity index (χ4v) is 2.55. The van der Waals surface area contributed by atoms with E-state index in [9.17, 15) is 14.4 Å². The lowest BCUT2D eigenvalue weighted by Crippen LogP contribution is -2.39. The van der Waals surface area contributed by atoms with Gasteiger partial charge in [0.25, 0.3) is 0 Å². The Balaban J connectivity index is 2.36. The third-order valence-corrected chi connectivity index (χ3v) is 4.11. The molecule has 1 unspecified atom stereocenters. The molecule has 0 N–H and O–H groups in total. The summed E-state index contributed by atoms with van der Waals surface area (Å²) in [7, 11) is 0. The monoisotopic (exact) mass is 464 g/mol. The smallest absolute Gasteiger partial charge is 0.330 e. The third-order valence-electron chi connectivity index (χ3n) is 4.11. The fraction of sp³-hybridized carbons (Fsp3) is 0.458. The molecule has 1 atom stereocenters. The van der Waals surface area contributed by atoms with Crippen molar-refractivity contribution in [2.75, 3.05) is 39.6 Å². The number of ether oxygens (including phenoxy) is 6. The summed E-state index contributed by atoms with van der Waals surface area (Å²) in [5.41, 5.74) is -0.671. The van der Waals surface area contributed by atoms with Gasteiger partial charge in [-0.3, -0.25) is 4.79 Å². The number of Topliss-reactive ketones (excluding diaryl/α,β-unsaturated/α-hetero) is 1. The van der Waals surface area contributed by atoms with Crippen LogP contribution in [-0.4, -0.2) is 69.3 Å². The van der Waals surface area contributed by atoms with Crippen LogP contribution in [0, 0.1) is 0 Å².